The molecule has 0 unspecified atom stereocenters. The highest BCUT2D eigenvalue weighted by molar-refractivity contribution is 6.27. The Morgan fingerprint density at radius 3 is 2.81 bits per heavy atom. The smallest absolute Gasteiger partial charge is 0.305 e. The summed E-state index contributed by atoms with van der Waals surface area (Å²) in [6, 6.07) is 9.26. The summed E-state index contributed by atoms with van der Waals surface area (Å²) >= 11 is 0. The van der Waals surface area contributed by atoms with Crippen molar-refractivity contribution >= 4 is 28.3 Å². The molecule has 0 saturated carbocycles. The Morgan fingerprint density at radius 1 is 1.27 bits per heavy atom. The van der Waals surface area contributed by atoms with Crippen LogP contribution in [-0.2, 0) is 9.53 Å². The lowest BCUT2D eigenvalue weighted by atomic mass is 9.86. The van der Waals surface area contributed by atoms with E-state index in [1.54, 1.807) is 13.0 Å². The molecule has 0 aliphatic heterocycles. The molecule has 26 heavy (non-hydrogen) atoms. The number of aromatic nitrogens is 1. The molecule has 2 aromatic carbocycles. The van der Waals surface area contributed by atoms with Crippen molar-refractivity contribution in [1.82, 2.24) is 5.16 Å². The van der Waals surface area contributed by atoms with Crippen LogP contribution in [0.4, 0.5) is 5.69 Å². The van der Waals surface area contributed by atoms with Crippen LogP contribution in [0.3, 0.4) is 0 Å². The van der Waals surface area contributed by atoms with Gasteiger partial charge in [0.2, 0.25) is 0 Å². The highest BCUT2D eigenvalue weighted by atomic mass is 16.5. The number of nitrogens with zero attached hydrogens (tertiary/aromatic N) is 1. The Kier molecular flexibility index (Phi) is 3.95. The van der Waals surface area contributed by atoms with Gasteiger partial charge in [0.1, 0.15) is 12.1 Å². The van der Waals surface area contributed by atoms with Crippen LogP contribution in [0, 0.1) is 6.92 Å². The zero-order chi connectivity index (χ0) is 18.3. The van der Waals surface area contributed by atoms with E-state index in [1.165, 1.54) is 0 Å². The van der Waals surface area contributed by atoms with E-state index in [0.717, 1.165) is 16.5 Å². The van der Waals surface area contributed by atoms with Gasteiger partial charge in [-0.15, -0.1) is 0 Å². The van der Waals surface area contributed by atoms with Gasteiger partial charge < -0.3 is 14.6 Å². The average Bonchev–Trinajstić information content (AvgIpc) is 3.10. The fourth-order valence-corrected chi connectivity index (χ4v) is 3.31. The van der Waals surface area contributed by atoms with Gasteiger partial charge in [-0.3, -0.25) is 9.59 Å². The van der Waals surface area contributed by atoms with Gasteiger partial charge in [-0.25, -0.2) is 0 Å². The molecule has 0 bridgehead atoms. The normalized spacial score (nSPS) is 12.2. The van der Waals surface area contributed by atoms with Gasteiger partial charge in [0.15, 0.2) is 11.5 Å². The Hall–Kier alpha value is -3.15. The molecule has 1 aliphatic rings. The highest BCUT2D eigenvalue weighted by Crippen LogP contribution is 2.43. The topological polar surface area (TPSA) is 81.4 Å². The summed E-state index contributed by atoms with van der Waals surface area (Å²) in [5.41, 5.74) is 4.23. The molecule has 0 radical (unpaired) electrons. The molecule has 1 N–H and O–H groups in total. The number of ketones is 1. The van der Waals surface area contributed by atoms with Crippen molar-refractivity contribution in [3.05, 3.63) is 47.0 Å². The van der Waals surface area contributed by atoms with Crippen molar-refractivity contribution < 1.29 is 18.8 Å². The maximum atomic E-state index is 13.1. The first kappa shape index (κ1) is 16.3. The van der Waals surface area contributed by atoms with Crippen LogP contribution in [0.25, 0.3) is 22.2 Å². The molecule has 6 nitrogen and oxygen atoms in total. The molecule has 0 amide bonds. The summed E-state index contributed by atoms with van der Waals surface area (Å²) in [4.78, 5) is 24.4. The number of anilines is 1. The van der Waals surface area contributed by atoms with Gasteiger partial charge in [-0.05, 0) is 18.6 Å². The number of esters is 1. The van der Waals surface area contributed by atoms with E-state index in [2.05, 4.69) is 10.5 Å². The first-order valence-electron chi connectivity index (χ1n) is 8.58. The van der Waals surface area contributed by atoms with Crippen molar-refractivity contribution in [2.24, 2.45) is 0 Å². The molecule has 4 rings (SSSR count). The van der Waals surface area contributed by atoms with E-state index >= 15 is 0 Å². The van der Waals surface area contributed by atoms with Crippen molar-refractivity contribution in [3.63, 3.8) is 0 Å². The van der Waals surface area contributed by atoms with Crippen LogP contribution in [0.5, 0.6) is 0 Å². The molecule has 0 fully saturated rings. The van der Waals surface area contributed by atoms with Crippen LogP contribution in [0.1, 0.15) is 34.8 Å². The standard InChI is InChI=1S/C20H18N2O4/c1-3-15(23)25-9-8-21-14-10-11(2)18-17-16(14)19(24)12-6-4-5-7-13(12)20(17)26-22-18/h4-7,10,21H,3,8-9H2,1-2H3. The van der Waals surface area contributed by atoms with Crippen molar-refractivity contribution in [3.8, 4) is 11.3 Å². The van der Waals surface area contributed by atoms with Crippen LogP contribution in [0.15, 0.2) is 34.9 Å². The molecule has 0 saturated heterocycles. The van der Waals surface area contributed by atoms with Crippen molar-refractivity contribution in [2.75, 3.05) is 18.5 Å². The number of ether oxygens (including phenoxy) is 1. The largest absolute Gasteiger partial charge is 0.464 e. The van der Waals surface area contributed by atoms with E-state index in [9.17, 15) is 9.59 Å². The van der Waals surface area contributed by atoms with E-state index in [0.29, 0.717) is 41.1 Å². The number of nitrogens with one attached hydrogen (secondary N) is 1. The van der Waals surface area contributed by atoms with E-state index in [4.69, 9.17) is 9.26 Å². The fourth-order valence-electron chi connectivity index (χ4n) is 3.31. The Morgan fingerprint density at radius 2 is 2.04 bits per heavy atom. The number of rotatable bonds is 5. The third-order valence-corrected chi connectivity index (χ3v) is 4.56. The zero-order valence-corrected chi connectivity index (χ0v) is 14.6. The lowest BCUT2D eigenvalue weighted by Gasteiger charge is -2.18. The molecule has 1 heterocycles. The summed E-state index contributed by atoms with van der Waals surface area (Å²) < 4.78 is 10.7. The number of fused-ring (bicyclic) bond motifs is 2. The highest BCUT2D eigenvalue weighted by Gasteiger charge is 2.31. The Labute approximate surface area is 150 Å². The summed E-state index contributed by atoms with van der Waals surface area (Å²) in [6.07, 6.45) is 0.343. The van der Waals surface area contributed by atoms with E-state index < -0.39 is 0 Å². The minimum absolute atomic E-state index is 0.0608. The molecule has 132 valence electrons. The maximum absolute atomic E-state index is 13.1. The molecule has 1 aromatic heterocycles. The Bertz CT molecular complexity index is 1040. The van der Waals surface area contributed by atoms with Crippen molar-refractivity contribution in [1.29, 1.82) is 0 Å². The first-order valence-corrected chi connectivity index (χ1v) is 8.58. The summed E-state index contributed by atoms with van der Waals surface area (Å²) in [7, 11) is 0. The third kappa shape index (κ3) is 2.45. The summed E-state index contributed by atoms with van der Waals surface area (Å²) in [5.74, 6) is 0.315. The van der Waals surface area contributed by atoms with Crippen LogP contribution in [0.2, 0.25) is 0 Å². The number of carbonyl (C=O) groups excluding carboxylic acids is 2. The van der Waals surface area contributed by atoms with Crippen molar-refractivity contribution in [2.45, 2.75) is 20.3 Å². The second kappa shape index (κ2) is 6.29. The van der Waals surface area contributed by atoms with Crippen LogP contribution < -0.4 is 5.32 Å². The molecule has 6 heteroatoms. The fraction of sp³-hybridized carbons (Fsp3) is 0.250. The SMILES string of the molecule is CCC(=O)OCCNc1cc(C)c2noc3c2c1C(=O)c1ccccc1-3. The first-order chi connectivity index (χ1) is 12.6. The molecule has 0 spiro atoms. The van der Waals surface area contributed by atoms with Gasteiger partial charge in [0.05, 0.1) is 10.9 Å². The number of carbonyl (C=O) groups is 2. The molecular weight excluding hydrogens is 332 g/mol. The second-order valence-electron chi connectivity index (χ2n) is 6.23. The van der Waals surface area contributed by atoms with Gasteiger partial charge >= 0.3 is 5.97 Å². The lowest BCUT2D eigenvalue weighted by molar-refractivity contribution is -0.142. The van der Waals surface area contributed by atoms with Crippen LogP contribution in [-0.4, -0.2) is 30.1 Å². The molecule has 1 aliphatic carbocycles. The average molecular weight is 350 g/mol. The van der Waals surface area contributed by atoms with Gasteiger partial charge in [0.25, 0.3) is 0 Å². The number of aryl methyl sites for hydroxylation is 1. The molecule has 3 aromatic rings. The van der Waals surface area contributed by atoms with Crippen LogP contribution >= 0.6 is 0 Å². The summed E-state index contributed by atoms with van der Waals surface area (Å²) in [6.45, 7) is 4.34. The van der Waals surface area contributed by atoms with E-state index in [1.807, 2.05) is 31.2 Å². The third-order valence-electron chi connectivity index (χ3n) is 4.56. The quantitative estimate of drug-likeness (QED) is 0.436. The predicted octanol–water partition coefficient (Wildman–Crippen LogP) is 3.71. The number of benzene rings is 2. The lowest BCUT2D eigenvalue weighted by Crippen LogP contribution is -2.17. The zero-order valence-electron chi connectivity index (χ0n) is 14.6. The van der Waals surface area contributed by atoms with E-state index in [-0.39, 0.29) is 18.4 Å². The van der Waals surface area contributed by atoms with Gasteiger partial charge in [-0.1, -0.05) is 36.3 Å². The summed E-state index contributed by atoms with van der Waals surface area (Å²) in [5, 5.41) is 8.13. The minimum atomic E-state index is -0.244. The number of hydrogen-bond acceptors (Lipinski definition) is 6. The monoisotopic (exact) mass is 350 g/mol. The molecular formula is C20H18N2O4. The molecule has 0 atom stereocenters. The van der Waals surface area contributed by atoms with Gasteiger partial charge in [-0.2, -0.15) is 0 Å². The second-order valence-corrected chi connectivity index (χ2v) is 6.23. The number of hydrogen-bond donors (Lipinski definition) is 1. The maximum Gasteiger partial charge on any atom is 0.305 e. The predicted molar refractivity (Wildman–Crippen MR) is 97.4 cm³/mol. The van der Waals surface area contributed by atoms with Gasteiger partial charge in [0, 0.05) is 29.8 Å². The minimum Gasteiger partial charge on any atom is -0.464 e. The Balaban J connectivity index is 1.76.